The van der Waals surface area contributed by atoms with Gasteiger partial charge in [0.2, 0.25) is 0 Å². The number of H-pyrrole nitrogens is 2. The van der Waals surface area contributed by atoms with Crippen LogP contribution < -0.4 is 55.3 Å². The maximum atomic E-state index is 12.3. The van der Waals surface area contributed by atoms with Crippen molar-refractivity contribution in [1.82, 2.24) is 29.9 Å². The Morgan fingerprint density at radius 1 is 0.426 bits per heavy atom. The van der Waals surface area contributed by atoms with Crippen LogP contribution in [0.25, 0.3) is 45.6 Å². The van der Waals surface area contributed by atoms with Gasteiger partial charge >= 0.3 is 17.1 Å². The van der Waals surface area contributed by atoms with Crippen molar-refractivity contribution in [3.8, 4) is 45.6 Å². The van der Waals surface area contributed by atoms with E-state index in [0.29, 0.717) is 71.7 Å². The molecular formula is C42H50Cl2MnN10O6. The maximum Gasteiger partial charge on any atom is 2.00 e. The molecule has 0 saturated carbocycles. The van der Waals surface area contributed by atoms with Crippen molar-refractivity contribution in [2.24, 2.45) is 0 Å². The van der Waals surface area contributed by atoms with Crippen LogP contribution in [0, 0.1) is 0 Å². The molecule has 61 heavy (non-hydrogen) atoms. The molecule has 0 atom stereocenters. The molecule has 0 aliphatic heterocycles. The minimum absolute atomic E-state index is 0. The van der Waals surface area contributed by atoms with Crippen molar-refractivity contribution < 1.29 is 62.3 Å². The average Bonchev–Trinajstić information content (AvgIpc) is 3.24. The van der Waals surface area contributed by atoms with Crippen LogP contribution in [0.3, 0.4) is 0 Å². The number of halogens is 2. The van der Waals surface area contributed by atoms with Crippen LogP contribution in [-0.4, -0.2) is 131 Å². The number of rotatable bonds is 16. The van der Waals surface area contributed by atoms with E-state index in [9.17, 15) is 9.59 Å². The monoisotopic (exact) mass is 915 g/mol. The molecule has 6 heterocycles. The number of aromatic nitrogens is 6. The third-order valence-electron chi connectivity index (χ3n) is 9.27. The fourth-order valence-corrected chi connectivity index (χ4v) is 5.97. The molecule has 0 bridgehead atoms. The van der Waals surface area contributed by atoms with Gasteiger partial charge in [-0.1, -0.05) is 0 Å². The first-order valence-corrected chi connectivity index (χ1v) is 18.7. The average molecular weight is 917 g/mol. The second-order valence-corrected chi connectivity index (χ2v) is 13.5. The Kier molecular flexibility index (Phi) is 21.6. The summed E-state index contributed by atoms with van der Waals surface area (Å²) in [4.78, 5) is 56.4. The van der Waals surface area contributed by atoms with Gasteiger partial charge in [0.25, 0.3) is 0 Å². The Labute approximate surface area is 377 Å². The molecule has 6 N–H and O–H groups in total. The van der Waals surface area contributed by atoms with Crippen molar-refractivity contribution in [1.29, 1.82) is 0 Å². The van der Waals surface area contributed by atoms with Gasteiger partial charge in [0.15, 0.2) is 10.9 Å². The summed E-state index contributed by atoms with van der Waals surface area (Å²) in [7, 11) is 7.53. The van der Waals surface area contributed by atoms with Crippen molar-refractivity contribution in [2.75, 3.05) is 100 Å². The third-order valence-corrected chi connectivity index (χ3v) is 9.27. The van der Waals surface area contributed by atoms with E-state index in [2.05, 4.69) is 29.9 Å². The summed E-state index contributed by atoms with van der Waals surface area (Å²) in [5.74, 6) is 0. The molecular weight excluding hydrogens is 866 g/mol. The zero-order chi connectivity index (χ0) is 41.6. The summed E-state index contributed by atoms with van der Waals surface area (Å²) in [6, 6.07) is 20.9. The van der Waals surface area contributed by atoms with Crippen molar-refractivity contribution in [2.45, 2.75) is 0 Å². The Bertz CT molecular complexity index is 2070. The molecule has 0 spiro atoms. The predicted octanol–water partition coefficient (Wildman–Crippen LogP) is -3.28. The second-order valence-electron chi connectivity index (χ2n) is 13.5. The molecule has 6 aromatic rings. The summed E-state index contributed by atoms with van der Waals surface area (Å²) in [6.45, 7) is 2.19. The van der Waals surface area contributed by atoms with Crippen molar-refractivity contribution in [3.63, 3.8) is 0 Å². The summed E-state index contributed by atoms with van der Waals surface area (Å²) < 4.78 is 0. The number of hydrogen-bond acceptors (Lipinski definition) is 14. The van der Waals surface area contributed by atoms with E-state index in [0.717, 1.165) is 22.7 Å². The zero-order valence-corrected chi connectivity index (χ0v) is 36.9. The topological polar surface area (TPSA) is 211 Å². The Balaban J connectivity index is 0.000000400. The summed E-state index contributed by atoms with van der Waals surface area (Å²) in [5.41, 5.74) is 8.10. The Morgan fingerprint density at radius 3 is 0.836 bits per heavy atom. The number of pyridine rings is 6. The van der Waals surface area contributed by atoms with E-state index in [1.165, 1.54) is 24.3 Å². The molecule has 16 nitrogen and oxygen atoms in total. The predicted molar refractivity (Wildman–Crippen MR) is 228 cm³/mol. The summed E-state index contributed by atoms with van der Waals surface area (Å²) in [5, 5.41) is 36.6. The number of aromatic amines is 2. The number of likely N-dealkylation sites (N-methyl/N-ethyl adjacent to an activating group) is 4. The normalized spacial score (nSPS) is 10.2. The first-order valence-electron chi connectivity index (χ1n) is 18.7. The minimum atomic E-state index is -0.152. The van der Waals surface area contributed by atoms with Gasteiger partial charge in [0, 0.05) is 126 Å². The molecule has 6 rings (SSSR count). The number of hydrogen-bond donors (Lipinski definition) is 6. The van der Waals surface area contributed by atoms with E-state index in [1.807, 2.05) is 96.3 Å². The van der Waals surface area contributed by atoms with Crippen LogP contribution in [-0.2, 0) is 17.1 Å². The fourth-order valence-electron chi connectivity index (χ4n) is 5.97. The van der Waals surface area contributed by atoms with Gasteiger partial charge in [-0.15, -0.1) is 0 Å². The van der Waals surface area contributed by atoms with Crippen molar-refractivity contribution in [3.05, 3.63) is 118 Å². The third kappa shape index (κ3) is 14.4. The molecule has 0 fully saturated rings. The molecule has 0 aliphatic carbocycles. The number of nitrogens with zero attached hydrogens (tertiary/aromatic N) is 8. The smallest absolute Gasteiger partial charge is 1.00 e. The first-order chi connectivity index (χ1) is 28.0. The maximum absolute atomic E-state index is 12.3. The molecule has 0 saturated heterocycles. The largest absolute Gasteiger partial charge is 2.00 e. The van der Waals surface area contributed by atoms with Gasteiger partial charge in [-0.3, -0.25) is 29.5 Å². The molecule has 19 heteroatoms. The molecule has 1 radical (unpaired) electrons. The van der Waals surface area contributed by atoms with Gasteiger partial charge < -0.3 is 74.8 Å². The van der Waals surface area contributed by atoms with E-state index >= 15 is 0 Å². The number of nitrogens with one attached hydrogen (secondary N) is 2. The van der Waals surface area contributed by atoms with Crippen LogP contribution in [0.4, 0.5) is 22.7 Å². The summed E-state index contributed by atoms with van der Waals surface area (Å²) in [6.07, 6.45) is 6.69. The fraction of sp³-hybridized carbons (Fsp3) is 0.286. The molecule has 6 aromatic heterocycles. The molecule has 0 aliphatic rings. The van der Waals surface area contributed by atoms with E-state index < -0.39 is 0 Å². The van der Waals surface area contributed by atoms with Gasteiger partial charge in [0.05, 0.1) is 72.0 Å². The second kappa shape index (κ2) is 25.4. The van der Waals surface area contributed by atoms with Crippen LogP contribution >= 0.6 is 0 Å². The number of aliphatic hydroxyl groups is 4. The molecule has 0 amide bonds. The molecule has 0 unspecified atom stereocenters. The van der Waals surface area contributed by atoms with Gasteiger partial charge in [-0.05, 0) is 48.5 Å². The van der Waals surface area contributed by atoms with Gasteiger partial charge in [-0.25, -0.2) is 0 Å². The van der Waals surface area contributed by atoms with Crippen LogP contribution in [0.15, 0.2) is 107 Å². The first kappa shape index (κ1) is 51.8. The molecule has 325 valence electrons. The molecule has 0 aromatic carbocycles. The quantitative estimate of drug-likeness (QED) is 0.0527. The number of aliphatic hydroxyl groups excluding tert-OH is 4. The van der Waals surface area contributed by atoms with E-state index in [1.54, 1.807) is 24.8 Å². The summed E-state index contributed by atoms with van der Waals surface area (Å²) >= 11 is 0. The Morgan fingerprint density at radius 2 is 0.639 bits per heavy atom. The standard InChI is InChI=1S/2C21H25N5O3.2ClH.Mn/c2*1-25(7-9-27)15-3-5-22-18(11-15)20-13-17(29)14-21(24-20)19-12-16(4-6-23-19)26(2)8-10-28;;;/h2*3-6,11-14,27-28H,7-10H2,1-2H3,(H,24,29);2*1H;/q;;;;+2/p-2. The van der Waals surface area contributed by atoms with Crippen LogP contribution in [0.5, 0.6) is 0 Å². The van der Waals surface area contributed by atoms with Crippen LogP contribution in [0.1, 0.15) is 0 Å². The zero-order valence-electron chi connectivity index (χ0n) is 34.2. The van der Waals surface area contributed by atoms with E-state index in [4.69, 9.17) is 20.4 Å². The van der Waals surface area contributed by atoms with E-state index in [-0.39, 0.29) is 79.2 Å². The van der Waals surface area contributed by atoms with Gasteiger partial charge in [0.1, 0.15) is 0 Å². The SMILES string of the molecule is CN(CCO)c1ccnc(-c2cc(=O)cc(-c3cc(N(C)CCO)ccn3)[nH]2)c1.CN(CCO)c1ccnc(-c2cc(=O)cc(-c3cc(N(C)CCO)ccn3)[nH]2)c1.[Cl-].[Cl-].[Mn+2]. The van der Waals surface area contributed by atoms with Crippen LogP contribution in [0.2, 0.25) is 0 Å². The van der Waals surface area contributed by atoms with Crippen molar-refractivity contribution >= 4 is 22.7 Å². The minimum Gasteiger partial charge on any atom is -1.00 e. The van der Waals surface area contributed by atoms with Gasteiger partial charge in [-0.2, -0.15) is 0 Å². The number of anilines is 4. The Hall–Kier alpha value is -5.36.